The van der Waals surface area contributed by atoms with Gasteiger partial charge in [-0.1, -0.05) is 0 Å². The fourth-order valence-electron chi connectivity index (χ4n) is 1.96. The van der Waals surface area contributed by atoms with Crippen LogP contribution in [0.25, 0.3) is 0 Å². The summed E-state index contributed by atoms with van der Waals surface area (Å²) in [5.74, 6) is 1.76. The number of benzene rings is 1. The van der Waals surface area contributed by atoms with Crippen molar-refractivity contribution in [2.45, 2.75) is 19.3 Å². The van der Waals surface area contributed by atoms with Gasteiger partial charge in [-0.2, -0.15) is 12.6 Å². The van der Waals surface area contributed by atoms with E-state index in [2.05, 4.69) is 12.6 Å². The van der Waals surface area contributed by atoms with Gasteiger partial charge in [-0.3, -0.25) is 4.79 Å². The van der Waals surface area contributed by atoms with Crippen molar-refractivity contribution >= 4 is 24.2 Å². The second-order valence-electron chi connectivity index (χ2n) is 4.99. The molecule has 0 aliphatic heterocycles. The number of methoxy groups -OCH3 is 1. The van der Waals surface area contributed by atoms with Gasteiger partial charge in [-0.25, -0.2) is 0 Å². The summed E-state index contributed by atoms with van der Waals surface area (Å²) >= 11 is 4.33. The number of nitrogens with zero attached hydrogens (tertiary/aromatic N) is 1. The average molecular weight is 265 g/mol. The number of anilines is 1. The Morgan fingerprint density at radius 2 is 2.00 bits per heavy atom. The molecule has 0 bridgehead atoms. The molecule has 98 valence electrons. The van der Waals surface area contributed by atoms with Crippen LogP contribution in [-0.2, 0) is 4.79 Å². The maximum absolute atomic E-state index is 12.2. The van der Waals surface area contributed by atoms with Gasteiger partial charge in [-0.15, -0.1) is 0 Å². The molecule has 1 saturated carbocycles. The highest BCUT2D eigenvalue weighted by Gasteiger charge is 2.43. The summed E-state index contributed by atoms with van der Waals surface area (Å²) in [6, 6.07) is 7.53. The Balaban J connectivity index is 2.01. The number of hydrogen-bond acceptors (Lipinski definition) is 3. The normalized spacial score (nSPS) is 16.2. The summed E-state index contributed by atoms with van der Waals surface area (Å²) in [4.78, 5) is 13.9. The number of carbonyl (C=O) groups excluding carboxylic acids is 1. The van der Waals surface area contributed by atoms with Crippen molar-refractivity contribution in [3.05, 3.63) is 24.3 Å². The van der Waals surface area contributed by atoms with Crippen LogP contribution in [0, 0.1) is 5.41 Å². The molecule has 0 atom stereocenters. The Bertz CT molecular complexity index is 426. The Labute approximate surface area is 114 Å². The molecule has 0 N–H and O–H groups in total. The number of amides is 1. The minimum atomic E-state index is 0.159. The van der Waals surface area contributed by atoms with Crippen molar-refractivity contribution < 1.29 is 9.53 Å². The molecule has 1 fully saturated rings. The Morgan fingerprint density at radius 1 is 1.39 bits per heavy atom. The maximum atomic E-state index is 12.2. The lowest BCUT2D eigenvalue weighted by atomic mass is 10.0. The van der Waals surface area contributed by atoms with E-state index in [0.717, 1.165) is 30.0 Å². The summed E-state index contributed by atoms with van der Waals surface area (Å²) in [6.07, 6.45) is 2.84. The van der Waals surface area contributed by atoms with Gasteiger partial charge in [0, 0.05) is 19.2 Å². The molecule has 0 radical (unpaired) electrons. The number of hydrogen-bond donors (Lipinski definition) is 1. The fraction of sp³-hybridized carbons (Fsp3) is 0.500. The van der Waals surface area contributed by atoms with E-state index in [4.69, 9.17) is 4.74 Å². The number of ether oxygens (including phenoxy) is 1. The summed E-state index contributed by atoms with van der Waals surface area (Å²) in [5.41, 5.74) is 1.07. The van der Waals surface area contributed by atoms with Crippen LogP contribution in [0.1, 0.15) is 19.3 Å². The molecule has 1 aliphatic rings. The van der Waals surface area contributed by atoms with Crippen LogP contribution in [0.5, 0.6) is 5.75 Å². The summed E-state index contributed by atoms with van der Waals surface area (Å²) in [6.45, 7) is 0. The third-order valence-electron chi connectivity index (χ3n) is 3.65. The Kier molecular flexibility index (Phi) is 3.85. The molecule has 18 heavy (non-hydrogen) atoms. The van der Waals surface area contributed by atoms with Gasteiger partial charge in [0.05, 0.1) is 7.11 Å². The zero-order valence-corrected chi connectivity index (χ0v) is 11.7. The van der Waals surface area contributed by atoms with E-state index in [-0.39, 0.29) is 11.3 Å². The van der Waals surface area contributed by atoms with Crippen LogP contribution in [0.15, 0.2) is 24.3 Å². The Hall–Kier alpha value is -1.16. The second kappa shape index (κ2) is 5.22. The molecular formula is C14H19NO2S. The standard InChI is InChI=1S/C14H19NO2S/c1-15(11-3-5-12(17-2)6-4-11)13(16)9-14(10-18)7-8-14/h3-6,18H,7-10H2,1-2H3. The summed E-state index contributed by atoms with van der Waals surface area (Å²) < 4.78 is 5.10. The highest BCUT2D eigenvalue weighted by atomic mass is 32.1. The molecule has 0 aromatic heterocycles. The Morgan fingerprint density at radius 3 is 2.44 bits per heavy atom. The predicted octanol–water partition coefficient (Wildman–Crippen LogP) is 2.76. The van der Waals surface area contributed by atoms with E-state index in [9.17, 15) is 4.79 Å². The minimum absolute atomic E-state index is 0.159. The number of rotatable bonds is 5. The number of thiol groups is 1. The van der Waals surface area contributed by atoms with E-state index in [1.165, 1.54) is 0 Å². The van der Waals surface area contributed by atoms with Crippen molar-refractivity contribution in [2.75, 3.05) is 24.8 Å². The van der Waals surface area contributed by atoms with Gasteiger partial charge in [0.25, 0.3) is 0 Å². The smallest absolute Gasteiger partial charge is 0.227 e. The SMILES string of the molecule is COc1ccc(N(C)C(=O)CC2(CS)CC2)cc1. The van der Waals surface area contributed by atoms with E-state index < -0.39 is 0 Å². The lowest BCUT2D eigenvalue weighted by Crippen LogP contribution is -2.29. The third kappa shape index (κ3) is 2.80. The van der Waals surface area contributed by atoms with Crippen molar-refractivity contribution in [1.82, 2.24) is 0 Å². The first kappa shape index (κ1) is 13.3. The molecular weight excluding hydrogens is 246 g/mol. The van der Waals surface area contributed by atoms with Crippen LogP contribution >= 0.6 is 12.6 Å². The van der Waals surface area contributed by atoms with Gasteiger partial charge in [0.2, 0.25) is 5.91 Å². The molecule has 1 amide bonds. The quantitative estimate of drug-likeness (QED) is 0.830. The van der Waals surface area contributed by atoms with Gasteiger partial charge >= 0.3 is 0 Å². The van der Waals surface area contributed by atoms with Gasteiger partial charge in [-0.05, 0) is 48.3 Å². The van der Waals surface area contributed by atoms with Gasteiger partial charge in [0.15, 0.2) is 0 Å². The van der Waals surface area contributed by atoms with Crippen LogP contribution in [0.3, 0.4) is 0 Å². The predicted molar refractivity (Wildman–Crippen MR) is 76.5 cm³/mol. The van der Waals surface area contributed by atoms with E-state index in [1.807, 2.05) is 31.3 Å². The summed E-state index contributed by atoms with van der Waals surface area (Å²) in [7, 11) is 3.45. The largest absolute Gasteiger partial charge is 0.497 e. The lowest BCUT2D eigenvalue weighted by Gasteiger charge is -2.20. The average Bonchev–Trinajstić information content (AvgIpc) is 3.18. The first-order valence-electron chi connectivity index (χ1n) is 6.12. The molecule has 3 nitrogen and oxygen atoms in total. The first-order chi connectivity index (χ1) is 8.60. The molecule has 1 aliphatic carbocycles. The molecule has 0 heterocycles. The lowest BCUT2D eigenvalue weighted by molar-refractivity contribution is -0.119. The molecule has 1 aromatic carbocycles. The van der Waals surface area contributed by atoms with Crippen LogP contribution in [0.4, 0.5) is 5.69 Å². The minimum Gasteiger partial charge on any atom is -0.497 e. The fourth-order valence-corrected chi connectivity index (χ4v) is 2.38. The molecule has 0 saturated heterocycles. The first-order valence-corrected chi connectivity index (χ1v) is 6.75. The zero-order valence-electron chi connectivity index (χ0n) is 10.8. The van der Waals surface area contributed by atoms with Gasteiger partial charge < -0.3 is 9.64 Å². The maximum Gasteiger partial charge on any atom is 0.227 e. The molecule has 4 heteroatoms. The summed E-state index contributed by atoms with van der Waals surface area (Å²) in [5, 5.41) is 0. The highest BCUT2D eigenvalue weighted by molar-refractivity contribution is 7.80. The zero-order chi connectivity index (χ0) is 13.2. The molecule has 1 aromatic rings. The van der Waals surface area contributed by atoms with E-state index in [0.29, 0.717) is 6.42 Å². The second-order valence-corrected chi connectivity index (χ2v) is 5.30. The molecule has 0 unspecified atom stereocenters. The highest BCUT2D eigenvalue weighted by Crippen LogP contribution is 2.49. The van der Waals surface area contributed by atoms with Crippen molar-refractivity contribution in [3.8, 4) is 5.75 Å². The third-order valence-corrected chi connectivity index (χ3v) is 4.32. The van der Waals surface area contributed by atoms with Crippen molar-refractivity contribution in [1.29, 1.82) is 0 Å². The number of carbonyl (C=O) groups is 1. The topological polar surface area (TPSA) is 29.5 Å². The van der Waals surface area contributed by atoms with E-state index >= 15 is 0 Å². The van der Waals surface area contributed by atoms with Gasteiger partial charge in [0.1, 0.15) is 5.75 Å². The van der Waals surface area contributed by atoms with E-state index in [1.54, 1.807) is 12.0 Å². The van der Waals surface area contributed by atoms with Crippen molar-refractivity contribution in [2.24, 2.45) is 5.41 Å². The van der Waals surface area contributed by atoms with Crippen LogP contribution in [-0.4, -0.2) is 25.8 Å². The van der Waals surface area contributed by atoms with Crippen LogP contribution in [0.2, 0.25) is 0 Å². The molecule has 0 spiro atoms. The monoisotopic (exact) mass is 265 g/mol. The molecule has 2 rings (SSSR count). The van der Waals surface area contributed by atoms with Crippen molar-refractivity contribution in [3.63, 3.8) is 0 Å². The van der Waals surface area contributed by atoms with Crippen LogP contribution < -0.4 is 9.64 Å².